The van der Waals surface area contributed by atoms with Gasteiger partial charge in [-0.05, 0) is 30.5 Å². The Morgan fingerprint density at radius 2 is 1.73 bits per heavy atom. The van der Waals surface area contributed by atoms with Gasteiger partial charge in [0.1, 0.15) is 0 Å². The molecule has 0 unspecified atom stereocenters. The van der Waals surface area contributed by atoms with Crippen molar-refractivity contribution in [2.75, 3.05) is 13.7 Å². The molecule has 0 radical (unpaired) electrons. The molecule has 114 valence electrons. The summed E-state index contributed by atoms with van der Waals surface area (Å²) in [6, 6.07) is 19.9. The summed E-state index contributed by atoms with van der Waals surface area (Å²) in [7, 11) is 1.74. The molecule has 2 aromatic rings. The molecule has 3 nitrogen and oxygen atoms in total. The van der Waals surface area contributed by atoms with Crippen LogP contribution < -0.4 is 0 Å². The Morgan fingerprint density at radius 1 is 1.09 bits per heavy atom. The fourth-order valence-corrected chi connectivity index (χ4v) is 3.20. The zero-order valence-corrected chi connectivity index (χ0v) is 12.8. The maximum Gasteiger partial charge on any atom is 0.254 e. The Hall–Kier alpha value is -2.13. The maximum absolute atomic E-state index is 12.8. The third kappa shape index (κ3) is 3.04. The second-order valence-electron chi connectivity index (χ2n) is 5.68. The molecule has 0 saturated carbocycles. The largest absolute Gasteiger partial charge is 0.379 e. The van der Waals surface area contributed by atoms with E-state index in [9.17, 15) is 4.79 Å². The minimum atomic E-state index is 0.0973. The number of carbonyl (C=O) groups excluding carboxylic acids is 1. The van der Waals surface area contributed by atoms with Crippen LogP contribution in [0.2, 0.25) is 0 Å². The Labute approximate surface area is 131 Å². The number of amides is 1. The molecule has 22 heavy (non-hydrogen) atoms. The Kier molecular flexibility index (Phi) is 4.54. The van der Waals surface area contributed by atoms with Crippen LogP contribution in [0.15, 0.2) is 60.7 Å². The summed E-state index contributed by atoms with van der Waals surface area (Å²) in [6.07, 6.45) is 1.83. The molecule has 1 aliphatic rings. The highest BCUT2D eigenvalue weighted by molar-refractivity contribution is 5.94. The van der Waals surface area contributed by atoms with Gasteiger partial charge >= 0.3 is 0 Å². The lowest BCUT2D eigenvalue weighted by atomic mass is 10.0. The number of carbonyl (C=O) groups is 1. The SMILES string of the molecule is CO[C@@H]1CCN(C(=O)c2ccccc2)[C@H]1Cc1ccccc1. The molecule has 1 saturated heterocycles. The van der Waals surface area contributed by atoms with Crippen LogP contribution in [-0.2, 0) is 11.2 Å². The van der Waals surface area contributed by atoms with Crippen molar-refractivity contribution in [2.45, 2.75) is 25.0 Å². The molecule has 1 aliphatic heterocycles. The van der Waals surface area contributed by atoms with E-state index in [-0.39, 0.29) is 18.1 Å². The van der Waals surface area contributed by atoms with E-state index in [0.29, 0.717) is 0 Å². The average Bonchev–Trinajstić information content (AvgIpc) is 2.98. The zero-order chi connectivity index (χ0) is 15.4. The molecule has 1 fully saturated rings. The molecule has 0 aliphatic carbocycles. The highest BCUT2D eigenvalue weighted by Gasteiger charge is 2.37. The summed E-state index contributed by atoms with van der Waals surface area (Å²) in [5.74, 6) is 0.0982. The van der Waals surface area contributed by atoms with E-state index < -0.39 is 0 Å². The first-order valence-corrected chi connectivity index (χ1v) is 7.72. The monoisotopic (exact) mass is 295 g/mol. The summed E-state index contributed by atoms with van der Waals surface area (Å²) < 4.78 is 5.62. The van der Waals surface area contributed by atoms with Crippen LogP contribution in [0.1, 0.15) is 22.3 Å². The fourth-order valence-electron chi connectivity index (χ4n) is 3.20. The van der Waals surface area contributed by atoms with E-state index in [2.05, 4.69) is 12.1 Å². The van der Waals surface area contributed by atoms with Crippen molar-refractivity contribution in [3.63, 3.8) is 0 Å². The summed E-state index contributed by atoms with van der Waals surface area (Å²) in [4.78, 5) is 14.7. The number of hydrogen-bond donors (Lipinski definition) is 0. The highest BCUT2D eigenvalue weighted by atomic mass is 16.5. The molecule has 2 aromatic carbocycles. The van der Waals surface area contributed by atoms with Crippen LogP contribution in [-0.4, -0.2) is 36.6 Å². The Morgan fingerprint density at radius 3 is 2.36 bits per heavy atom. The van der Waals surface area contributed by atoms with E-state index in [1.165, 1.54) is 5.56 Å². The van der Waals surface area contributed by atoms with Crippen molar-refractivity contribution in [1.82, 2.24) is 4.90 Å². The minimum absolute atomic E-state index is 0.0973. The first kappa shape index (κ1) is 14.8. The molecular weight excluding hydrogens is 274 g/mol. The normalized spacial score (nSPS) is 21.0. The third-order valence-corrected chi connectivity index (χ3v) is 4.36. The summed E-state index contributed by atoms with van der Waals surface area (Å²) >= 11 is 0. The van der Waals surface area contributed by atoms with Crippen LogP contribution >= 0.6 is 0 Å². The average molecular weight is 295 g/mol. The number of methoxy groups -OCH3 is 1. The van der Waals surface area contributed by atoms with E-state index >= 15 is 0 Å². The first-order chi connectivity index (χ1) is 10.8. The quantitative estimate of drug-likeness (QED) is 0.867. The van der Waals surface area contributed by atoms with Gasteiger partial charge < -0.3 is 9.64 Å². The van der Waals surface area contributed by atoms with Crippen LogP contribution in [0, 0.1) is 0 Å². The number of benzene rings is 2. The maximum atomic E-state index is 12.8. The molecule has 3 heteroatoms. The van der Waals surface area contributed by atoms with E-state index in [1.54, 1.807) is 7.11 Å². The van der Waals surface area contributed by atoms with Crippen LogP contribution in [0.25, 0.3) is 0 Å². The van der Waals surface area contributed by atoms with E-state index in [1.807, 2.05) is 53.4 Å². The zero-order valence-electron chi connectivity index (χ0n) is 12.8. The second-order valence-corrected chi connectivity index (χ2v) is 5.68. The second kappa shape index (κ2) is 6.75. The van der Waals surface area contributed by atoms with Gasteiger partial charge in [0, 0.05) is 19.2 Å². The topological polar surface area (TPSA) is 29.5 Å². The molecule has 2 atom stereocenters. The van der Waals surface area contributed by atoms with E-state index in [0.717, 1.165) is 24.9 Å². The molecule has 3 rings (SSSR count). The lowest BCUT2D eigenvalue weighted by Gasteiger charge is -2.28. The number of ether oxygens (including phenoxy) is 1. The van der Waals surface area contributed by atoms with Gasteiger partial charge in [-0.1, -0.05) is 48.5 Å². The predicted octanol–water partition coefficient (Wildman–Crippen LogP) is 3.16. The molecule has 0 N–H and O–H groups in total. The van der Waals surface area contributed by atoms with Crippen molar-refractivity contribution in [3.05, 3.63) is 71.8 Å². The molecular formula is C19H21NO2. The predicted molar refractivity (Wildman–Crippen MR) is 86.8 cm³/mol. The van der Waals surface area contributed by atoms with Gasteiger partial charge in [0.05, 0.1) is 12.1 Å². The van der Waals surface area contributed by atoms with Gasteiger partial charge in [-0.15, -0.1) is 0 Å². The molecule has 1 heterocycles. The Bertz CT molecular complexity index is 612. The van der Waals surface area contributed by atoms with Gasteiger partial charge in [0.25, 0.3) is 5.91 Å². The van der Waals surface area contributed by atoms with Crippen molar-refractivity contribution in [2.24, 2.45) is 0 Å². The number of rotatable bonds is 4. The lowest BCUT2D eigenvalue weighted by Crippen LogP contribution is -2.41. The summed E-state index contributed by atoms with van der Waals surface area (Å²) in [5, 5.41) is 0. The number of nitrogens with zero attached hydrogens (tertiary/aromatic N) is 1. The summed E-state index contributed by atoms with van der Waals surface area (Å²) in [6.45, 7) is 0.754. The minimum Gasteiger partial charge on any atom is -0.379 e. The summed E-state index contributed by atoms with van der Waals surface area (Å²) in [5.41, 5.74) is 1.99. The van der Waals surface area contributed by atoms with Crippen LogP contribution in [0.4, 0.5) is 0 Å². The lowest BCUT2D eigenvalue weighted by molar-refractivity contribution is 0.0508. The number of likely N-dealkylation sites (tertiary alicyclic amines) is 1. The van der Waals surface area contributed by atoms with Gasteiger partial charge in [-0.3, -0.25) is 4.79 Å². The van der Waals surface area contributed by atoms with Gasteiger partial charge in [0.2, 0.25) is 0 Å². The first-order valence-electron chi connectivity index (χ1n) is 7.72. The highest BCUT2D eigenvalue weighted by Crippen LogP contribution is 2.25. The molecule has 0 aromatic heterocycles. The van der Waals surface area contributed by atoms with Gasteiger partial charge in [-0.25, -0.2) is 0 Å². The van der Waals surface area contributed by atoms with Crippen LogP contribution in [0.3, 0.4) is 0 Å². The number of hydrogen-bond acceptors (Lipinski definition) is 2. The van der Waals surface area contributed by atoms with Crippen molar-refractivity contribution < 1.29 is 9.53 Å². The van der Waals surface area contributed by atoms with E-state index in [4.69, 9.17) is 4.74 Å². The molecule has 0 spiro atoms. The van der Waals surface area contributed by atoms with Crippen molar-refractivity contribution in [3.8, 4) is 0 Å². The van der Waals surface area contributed by atoms with Crippen LogP contribution in [0.5, 0.6) is 0 Å². The molecule has 1 amide bonds. The van der Waals surface area contributed by atoms with Crippen molar-refractivity contribution in [1.29, 1.82) is 0 Å². The third-order valence-electron chi connectivity index (χ3n) is 4.36. The molecule has 0 bridgehead atoms. The Balaban J connectivity index is 1.81. The van der Waals surface area contributed by atoms with Gasteiger partial charge in [-0.2, -0.15) is 0 Å². The standard InChI is InChI=1S/C19H21NO2/c1-22-18-12-13-20(19(21)16-10-6-3-7-11-16)17(18)14-15-8-4-2-5-9-15/h2-11,17-18H,12-14H2,1H3/t17-,18+/m0/s1. The smallest absolute Gasteiger partial charge is 0.254 e. The fraction of sp³-hybridized carbons (Fsp3) is 0.316. The van der Waals surface area contributed by atoms with Crippen molar-refractivity contribution >= 4 is 5.91 Å². The van der Waals surface area contributed by atoms with Gasteiger partial charge in [0.15, 0.2) is 0 Å².